The Morgan fingerprint density at radius 3 is 2.26 bits per heavy atom. The number of allylic oxidation sites excluding steroid dienone is 1. The highest BCUT2D eigenvalue weighted by Gasteiger charge is 2.05. The van der Waals surface area contributed by atoms with Crippen LogP contribution in [0.4, 0.5) is 0 Å². The van der Waals surface area contributed by atoms with E-state index in [1.54, 1.807) is 6.08 Å². The molecular weight excluding hydrogens is 390 g/mol. The Bertz CT molecular complexity index is 1140. The van der Waals surface area contributed by atoms with Gasteiger partial charge in [-0.05, 0) is 91.9 Å². The fourth-order valence-corrected chi connectivity index (χ4v) is 3.07. The molecular formula is C26H23NO4. The lowest BCUT2D eigenvalue weighted by molar-refractivity contribution is 0.104. The normalized spacial score (nSPS) is 11.0. The molecule has 31 heavy (non-hydrogen) atoms. The predicted octanol–water partition coefficient (Wildman–Crippen LogP) is 5.94. The molecule has 0 N–H and O–H groups in total. The number of rotatable bonds is 9. The summed E-state index contributed by atoms with van der Waals surface area (Å²) in [5.74, 6) is 2.74. The van der Waals surface area contributed by atoms with Gasteiger partial charge in [-0.25, -0.2) is 0 Å². The number of hydrogen-bond donors (Lipinski definition) is 0. The minimum atomic E-state index is -0.0809. The van der Waals surface area contributed by atoms with Crippen molar-refractivity contribution in [2.24, 2.45) is 0 Å². The molecule has 0 radical (unpaired) electrons. The maximum absolute atomic E-state index is 12.4. The van der Waals surface area contributed by atoms with E-state index in [0.29, 0.717) is 30.3 Å². The van der Waals surface area contributed by atoms with Crippen molar-refractivity contribution in [3.05, 3.63) is 108 Å². The van der Waals surface area contributed by atoms with E-state index in [4.69, 9.17) is 13.9 Å². The van der Waals surface area contributed by atoms with Crippen molar-refractivity contribution in [3.63, 3.8) is 0 Å². The van der Waals surface area contributed by atoms with Gasteiger partial charge in [0.1, 0.15) is 29.6 Å². The fourth-order valence-electron chi connectivity index (χ4n) is 3.07. The van der Waals surface area contributed by atoms with Crippen LogP contribution in [0.2, 0.25) is 0 Å². The van der Waals surface area contributed by atoms with Gasteiger partial charge in [-0.2, -0.15) is 0 Å². The average molecular weight is 413 g/mol. The van der Waals surface area contributed by atoms with Crippen LogP contribution in [0.3, 0.4) is 0 Å². The van der Waals surface area contributed by atoms with Gasteiger partial charge in [-0.3, -0.25) is 4.79 Å². The van der Waals surface area contributed by atoms with Gasteiger partial charge in [0.2, 0.25) is 0 Å². The maximum Gasteiger partial charge on any atom is 0.185 e. The molecule has 0 aliphatic heterocycles. The molecule has 0 unspecified atom stereocenters. The molecule has 0 saturated heterocycles. The number of carbonyl (C=O) groups is 1. The molecule has 2 heterocycles. The van der Waals surface area contributed by atoms with Crippen LogP contribution in [-0.4, -0.2) is 17.0 Å². The van der Waals surface area contributed by atoms with Crippen LogP contribution in [0.1, 0.15) is 28.8 Å². The van der Waals surface area contributed by atoms with Gasteiger partial charge < -0.3 is 18.5 Å². The number of furan rings is 1. The van der Waals surface area contributed by atoms with Crippen LogP contribution >= 0.6 is 0 Å². The quantitative estimate of drug-likeness (QED) is 0.252. The molecule has 0 atom stereocenters. The monoisotopic (exact) mass is 413 g/mol. The SMILES string of the molecule is CCOc1ccc(OCc2ccc(/C=C/C(=O)c3ccc(-n4cccc4)cc3)o2)cc1. The fraction of sp³-hybridized carbons (Fsp3) is 0.115. The van der Waals surface area contributed by atoms with Crippen molar-refractivity contribution in [2.45, 2.75) is 13.5 Å². The minimum absolute atomic E-state index is 0.0809. The largest absolute Gasteiger partial charge is 0.494 e. The third-order valence-corrected chi connectivity index (χ3v) is 4.65. The van der Waals surface area contributed by atoms with Gasteiger partial charge in [-0.15, -0.1) is 0 Å². The highest BCUT2D eigenvalue weighted by Crippen LogP contribution is 2.20. The van der Waals surface area contributed by atoms with Crippen LogP contribution in [0, 0.1) is 0 Å². The number of benzene rings is 2. The highest BCUT2D eigenvalue weighted by molar-refractivity contribution is 6.06. The van der Waals surface area contributed by atoms with Gasteiger partial charge in [0.05, 0.1) is 6.61 Å². The number of carbonyl (C=O) groups excluding carboxylic acids is 1. The van der Waals surface area contributed by atoms with Gasteiger partial charge in [0.25, 0.3) is 0 Å². The molecule has 0 fully saturated rings. The summed E-state index contributed by atoms with van der Waals surface area (Å²) in [4.78, 5) is 12.4. The number of ketones is 1. The van der Waals surface area contributed by atoms with E-state index in [2.05, 4.69) is 0 Å². The van der Waals surface area contributed by atoms with E-state index in [1.807, 2.05) is 96.7 Å². The smallest absolute Gasteiger partial charge is 0.185 e. The molecule has 156 valence electrons. The Morgan fingerprint density at radius 1 is 0.903 bits per heavy atom. The van der Waals surface area contributed by atoms with Crippen molar-refractivity contribution in [3.8, 4) is 17.2 Å². The van der Waals surface area contributed by atoms with E-state index in [-0.39, 0.29) is 5.78 Å². The standard InChI is InChI=1S/C26H23NO4/c1-2-29-22-9-11-23(12-10-22)30-19-25-14-13-24(31-25)15-16-26(28)20-5-7-21(8-6-20)27-17-3-4-18-27/h3-18H,2,19H2,1H3/b16-15+. The van der Waals surface area contributed by atoms with E-state index >= 15 is 0 Å². The van der Waals surface area contributed by atoms with Crippen molar-refractivity contribution in [1.29, 1.82) is 0 Å². The predicted molar refractivity (Wildman–Crippen MR) is 120 cm³/mol. The lowest BCUT2D eigenvalue weighted by Gasteiger charge is -2.06. The summed E-state index contributed by atoms with van der Waals surface area (Å²) in [6.45, 7) is 2.88. The summed E-state index contributed by atoms with van der Waals surface area (Å²) in [7, 11) is 0. The lowest BCUT2D eigenvalue weighted by atomic mass is 10.1. The van der Waals surface area contributed by atoms with Crippen LogP contribution in [0.25, 0.3) is 11.8 Å². The summed E-state index contributed by atoms with van der Waals surface area (Å²) in [6.07, 6.45) is 7.11. The van der Waals surface area contributed by atoms with E-state index in [0.717, 1.165) is 17.2 Å². The third-order valence-electron chi connectivity index (χ3n) is 4.65. The summed E-state index contributed by atoms with van der Waals surface area (Å²) in [5.41, 5.74) is 1.63. The second kappa shape index (κ2) is 9.67. The van der Waals surface area contributed by atoms with Gasteiger partial charge in [-0.1, -0.05) is 0 Å². The average Bonchev–Trinajstić information content (AvgIpc) is 3.50. The molecule has 0 amide bonds. The van der Waals surface area contributed by atoms with Crippen molar-refractivity contribution in [1.82, 2.24) is 4.57 Å². The molecule has 0 spiro atoms. The van der Waals surface area contributed by atoms with Crippen molar-refractivity contribution >= 4 is 11.9 Å². The van der Waals surface area contributed by atoms with Crippen LogP contribution in [-0.2, 0) is 6.61 Å². The second-order valence-corrected chi connectivity index (χ2v) is 6.83. The number of ether oxygens (including phenoxy) is 2. The first-order chi connectivity index (χ1) is 15.2. The van der Waals surface area contributed by atoms with Gasteiger partial charge in [0.15, 0.2) is 5.78 Å². The molecule has 2 aromatic heterocycles. The molecule has 4 aromatic rings. The van der Waals surface area contributed by atoms with Crippen molar-refractivity contribution < 1.29 is 18.7 Å². The lowest BCUT2D eigenvalue weighted by Crippen LogP contribution is -1.96. The van der Waals surface area contributed by atoms with Crippen LogP contribution < -0.4 is 9.47 Å². The van der Waals surface area contributed by atoms with E-state index < -0.39 is 0 Å². The maximum atomic E-state index is 12.4. The number of hydrogen-bond acceptors (Lipinski definition) is 4. The summed E-state index contributed by atoms with van der Waals surface area (Å²) < 4.78 is 18.9. The zero-order chi connectivity index (χ0) is 21.5. The van der Waals surface area contributed by atoms with Crippen LogP contribution in [0.5, 0.6) is 11.5 Å². The Hall–Kier alpha value is -3.99. The summed E-state index contributed by atoms with van der Waals surface area (Å²) in [5, 5.41) is 0. The first-order valence-electron chi connectivity index (χ1n) is 10.1. The van der Waals surface area contributed by atoms with E-state index in [1.165, 1.54) is 6.08 Å². The molecule has 0 bridgehead atoms. The third kappa shape index (κ3) is 5.34. The zero-order valence-electron chi connectivity index (χ0n) is 17.2. The zero-order valence-corrected chi connectivity index (χ0v) is 17.2. The summed E-state index contributed by atoms with van der Waals surface area (Å²) in [6, 6.07) is 22.5. The topological polar surface area (TPSA) is 53.6 Å². The first kappa shape index (κ1) is 20.3. The minimum Gasteiger partial charge on any atom is -0.494 e. The Balaban J connectivity index is 1.32. The second-order valence-electron chi connectivity index (χ2n) is 6.83. The Morgan fingerprint density at radius 2 is 1.58 bits per heavy atom. The Kier molecular flexibility index (Phi) is 6.33. The molecule has 0 aliphatic carbocycles. The molecule has 5 nitrogen and oxygen atoms in total. The van der Waals surface area contributed by atoms with Gasteiger partial charge >= 0.3 is 0 Å². The number of aromatic nitrogens is 1. The number of nitrogens with zero attached hydrogens (tertiary/aromatic N) is 1. The molecule has 2 aromatic carbocycles. The highest BCUT2D eigenvalue weighted by atomic mass is 16.5. The first-order valence-corrected chi connectivity index (χ1v) is 10.1. The van der Waals surface area contributed by atoms with E-state index in [9.17, 15) is 4.79 Å². The summed E-state index contributed by atoms with van der Waals surface area (Å²) >= 11 is 0. The Labute approximate surface area is 181 Å². The van der Waals surface area contributed by atoms with Crippen LogP contribution in [0.15, 0.2) is 95.7 Å². The molecule has 0 aliphatic rings. The molecule has 5 heteroatoms. The molecule has 0 saturated carbocycles. The van der Waals surface area contributed by atoms with Gasteiger partial charge in [0, 0.05) is 23.6 Å². The molecule has 4 rings (SSSR count). The van der Waals surface area contributed by atoms with Crippen molar-refractivity contribution in [2.75, 3.05) is 6.61 Å².